The third kappa shape index (κ3) is 3.44. The Balaban J connectivity index is 1.50. The summed E-state index contributed by atoms with van der Waals surface area (Å²) in [5.41, 5.74) is 0.774. The van der Waals surface area contributed by atoms with Crippen LogP contribution in [0.5, 0.6) is 11.5 Å². The van der Waals surface area contributed by atoms with E-state index in [0.29, 0.717) is 35.4 Å². The number of quaternary nitrogens is 1. The minimum atomic E-state index is -0.183. The first-order valence-corrected chi connectivity index (χ1v) is 9.60. The number of carbonyl (C=O) groups excluding carboxylic acids is 1. The van der Waals surface area contributed by atoms with Crippen molar-refractivity contribution in [1.82, 2.24) is 9.78 Å². The van der Waals surface area contributed by atoms with Gasteiger partial charge in [-0.05, 0) is 30.4 Å². The number of ether oxygens (including phenoxy) is 3. The molecule has 1 aromatic heterocycles. The second-order valence-corrected chi connectivity index (χ2v) is 7.65. The SMILES string of the molecule is COC(=O)[C@@H]1C[NH+](Cn2nc(-c3ccc4c(c3)OCO4)oc2=S)CCS1. The molecule has 4 rings (SSSR count). The number of fused-ring (bicyclic) bond motifs is 1. The predicted molar refractivity (Wildman–Crippen MR) is 95.8 cm³/mol. The molecule has 0 aliphatic carbocycles. The lowest BCUT2D eigenvalue weighted by atomic mass is 10.2. The first-order chi connectivity index (χ1) is 12.6. The summed E-state index contributed by atoms with van der Waals surface area (Å²) in [6.45, 7) is 2.35. The van der Waals surface area contributed by atoms with E-state index in [1.807, 2.05) is 18.2 Å². The van der Waals surface area contributed by atoms with Gasteiger partial charge in [0, 0.05) is 11.3 Å². The van der Waals surface area contributed by atoms with Gasteiger partial charge in [0.2, 0.25) is 12.7 Å². The lowest BCUT2D eigenvalue weighted by Crippen LogP contribution is -3.14. The minimum absolute atomic E-state index is 0.154. The van der Waals surface area contributed by atoms with Crippen molar-refractivity contribution >= 4 is 29.9 Å². The van der Waals surface area contributed by atoms with E-state index in [4.69, 9.17) is 30.8 Å². The van der Waals surface area contributed by atoms with Gasteiger partial charge in [0.15, 0.2) is 23.4 Å². The Labute approximate surface area is 159 Å². The van der Waals surface area contributed by atoms with Gasteiger partial charge >= 0.3 is 5.97 Å². The molecule has 1 N–H and O–H groups in total. The zero-order chi connectivity index (χ0) is 18.1. The highest BCUT2D eigenvalue weighted by Crippen LogP contribution is 2.35. The molecule has 1 aromatic carbocycles. The summed E-state index contributed by atoms with van der Waals surface area (Å²) in [6.07, 6.45) is 0. The topological polar surface area (TPSA) is 80.2 Å². The summed E-state index contributed by atoms with van der Waals surface area (Å²) in [7, 11) is 1.42. The highest BCUT2D eigenvalue weighted by atomic mass is 32.2. The highest BCUT2D eigenvalue weighted by molar-refractivity contribution is 8.00. The van der Waals surface area contributed by atoms with Gasteiger partial charge in [0.1, 0.15) is 6.54 Å². The molecule has 2 aliphatic rings. The standard InChI is InChI=1S/C16H17N3O5S2/c1-21-15(20)13-7-18(4-5-26-13)8-19-16(25)24-14(17-19)10-2-3-11-12(6-10)23-9-22-11/h2-3,6,13H,4-5,7-9H2,1H3/p+1/t13-/m0/s1. The molecule has 1 saturated heterocycles. The number of hydrogen-bond donors (Lipinski definition) is 1. The summed E-state index contributed by atoms with van der Waals surface area (Å²) in [5, 5.41) is 4.34. The molecule has 1 fully saturated rings. The fraction of sp³-hybridized carbons (Fsp3) is 0.438. The van der Waals surface area contributed by atoms with Crippen LogP contribution in [0.25, 0.3) is 11.5 Å². The third-order valence-corrected chi connectivity index (χ3v) is 5.81. The van der Waals surface area contributed by atoms with E-state index in [9.17, 15) is 4.79 Å². The van der Waals surface area contributed by atoms with Crippen LogP contribution in [-0.4, -0.2) is 53.7 Å². The monoisotopic (exact) mass is 396 g/mol. The number of methoxy groups -OCH3 is 1. The number of hydrogen-bond acceptors (Lipinski definition) is 8. The van der Waals surface area contributed by atoms with Crippen molar-refractivity contribution in [3.63, 3.8) is 0 Å². The summed E-state index contributed by atoms with van der Waals surface area (Å²) < 4.78 is 22.9. The van der Waals surface area contributed by atoms with Crippen LogP contribution >= 0.6 is 24.0 Å². The number of nitrogens with one attached hydrogen (secondary N) is 1. The number of esters is 1. The maximum atomic E-state index is 11.8. The summed E-state index contributed by atoms with van der Waals surface area (Å²) in [5.74, 6) is 2.50. The molecule has 8 nitrogen and oxygen atoms in total. The van der Waals surface area contributed by atoms with E-state index in [0.717, 1.165) is 17.9 Å². The molecular weight excluding hydrogens is 378 g/mol. The third-order valence-electron chi connectivity index (χ3n) is 4.31. The molecule has 10 heteroatoms. The number of nitrogens with zero attached hydrogens (tertiary/aromatic N) is 2. The second kappa shape index (κ2) is 7.29. The van der Waals surface area contributed by atoms with Crippen molar-refractivity contribution in [2.45, 2.75) is 11.9 Å². The van der Waals surface area contributed by atoms with E-state index in [1.165, 1.54) is 12.0 Å². The molecule has 0 bridgehead atoms. The lowest BCUT2D eigenvalue weighted by Gasteiger charge is -2.27. The maximum Gasteiger partial charge on any atom is 0.324 e. The highest BCUT2D eigenvalue weighted by Gasteiger charge is 2.30. The van der Waals surface area contributed by atoms with E-state index < -0.39 is 0 Å². The van der Waals surface area contributed by atoms with Crippen LogP contribution < -0.4 is 14.4 Å². The maximum absolute atomic E-state index is 11.8. The van der Waals surface area contributed by atoms with Gasteiger partial charge in [-0.2, -0.15) is 4.68 Å². The number of aromatic nitrogens is 2. The van der Waals surface area contributed by atoms with Crippen molar-refractivity contribution in [3.8, 4) is 23.0 Å². The number of benzene rings is 1. The predicted octanol–water partition coefficient (Wildman–Crippen LogP) is 0.732. The van der Waals surface area contributed by atoms with Crippen molar-refractivity contribution in [1.29, 1.82) is 0 Å². The average molecular weight is 396 g/mol. The van der Waals surface area contributed by atoms with Gasteiger partial charge in [0.05, 0.1) is 13.7 Å². The van der Waals surface area contributed by atoms with E-state index in [2.05, 4.69) is 5.10 Å². The van der Waals surface area contributed by atoms with Crippen molar-refractivity contribution in [3.05, 3.63) is 23.0 Å². The van der Waals surface area contributed by atoms with Gasteiger partial charge in [0.25, 0.3) is 4.84 Å². The Morgan fingerprint density at radius 3 is 3.15 bits per heavy atom. The van der Waals surface area contributed by atoms with Gasteiger partial charge in [-0.15, -0.1) is 16.9 Å². The van der Waals surface area contributed by atoms with E-state index in [1.54, 1.807) is 16.4 Å². The molecule has 2 atom stereocenters. The largest absolute Gasteiger partial charge is 0.468 e. The van der Waals surface area contributed by atoms with Crippen molar-refractivity contribution in [2.75, 3.05) is 32.7 Å². The lowest BCUT2D eigenvalue weighted by molar-refractivity contribution is -0.921. The van der Waals surface area contributed by atoms with E-state index >= 15 is 0 Å². The normalized spacial score (nSPS) is 21.6. The van der Waals surface area contributed by atoms with E-state index in [-0.39, 0.29) is 18.0 Å². The molecule has 2 aliphatic heterocycles. The van der Waals surface area contributed by atoms with Gasteiger partial charge < -0.3 is 23.5 Å². The van der Waals surface area contributed by atoms with Crippen LogP contribution in [0.1, 0.15) is 0 Å². The van der Waals surface area contributed by atoms with Crippen molar-refractivity contribution < 1.29 is 28.3 Å². The molecule has 1 unspecified atom stereocenters. The van der Waals surface area contributed by atoms with Crippen LogP contribution in [0.3, 0.4) is 0 Å². The molecule has 138 valence electrons. The minimum Gasteiger partial charge on any atom is -0.468 e. The Kier molecular flexibility index (Phi) is 4.88. The molecule has 0 saturated carbocycles. The molecule has 0 amide bonds. The zero-order valence-corrected chi connectivity index (χ0v) is 15.7. The summed E-state index contributed by atoms with van der Waals surface area (Å²) >= 11 is 6.94. The zero-order valence-electron chi connectivity index (χ0n) is 14.1. The molecule has 0 radical (unpaired) electrons. The smallest absolute Gasteiger partial charge is 0.324 e. The summed E-state index contributed by atoms with van der Waals surface area (Å²) in [4.78, 5) is 13.3. The van der Waals surface area contributed by atoms with Crippen LogP contribution in [0.4, 0.5) is 0 Å². The molecule has 2 aromatic rings. The molecule has 26 heavy (non-hydrogen) atoms. The second-order valence-electron chi connectivity index (χ2n) is 5.99. The Hall–Kier alpha value is -2.04. The van der Waals surface area contributed by atoms with Crippen LogP contribution in [0, 0.1) is 4.84 Å². The van der Waals surface area contributed by atoms with Crippen LogP contribution in [0.15, 0.2) is 22.6 Å². The molecule has 0 spiro atoms. The molecule has 3 heterocycles. The first-order valence-electron chi connectivity index (χ1n) is 8.15. The number of rotatable bonds is 4. The van der Waals surface area contributed by atoms with Gasteiger partial charge in [-0.1, -0.05) is 0 Å². The Bertz CT molecular complexity index is 881. The fourth-order valence-electron chi connectivity index (χ4n) is 2.96. The number of carbonyl (C=O) groups is 1. The van der Waals surface area contributed by atoms with Gasteiger partial charge in [-0.25, -0.2) is 0 Å². The Morgan fingerprint density at radius 1 is 1.46 bits per heavy atom. The molecular formula is C16H18N3O5S2+. The number of thioether (sulfide) groups is 1. The quantitative estimate of drug-likeness (QED) is 0.599. The summed E-state index contributed by atoms with van der Waals surface area (Å²) in [6, 6.07) is 5.50. The van der Waals surface area contributed by atoms with Crippen molar-refractivity contribution in [2.24, 2.45) is 0 Å². The van der Waals surface area contributed by atoms with Crippen LogP contribution in [-0.2, 0) is 16.2 Å². The van der Waals surface area contributed by atoms with Crippen LogP contribution in [0.2, 0.25) is 0 Å². The Morgan fingerprint density at radius 2 is 2.31 bits per heavy atom. The first kappa shape index (κ1) is 17.4. The van der Waals surface area contributed by atoms with Gasteiger partial charge in [-0.3, -0.25) is 4.79 Å². The fourth-order valence-corrected chi connectivity index (χ4v) is 4.42. The average Bonchev–Trinajstić information content (AvgIpc) is 3.27.